The molecule has 0 aliphatic rings. The Morgan fingerprint density at radius 1 is 1.29 bits per heavy atom. The lowest BCUT2D eigenvalue weighted by Gasteiger charge is -2.09. The largest absolute Gasteiger partial charge is 0.264 e. The first-order valence-electron chi connectivity index (χ1n) is 5.33. The van der Waals surface area contributed by atoms with Gasteiger partial charge in [-0.25, -0.2) is 0 Å². The van der Waals surface area contributed by atoms with Gasteiger partial charge in [0.25, 0.3) is 0 Å². The van der Waals surface area contributed by atoms with Crippen LogP contribution in [0.25, 0.3) is 0 Å². The van der Waals surface area contributed by atoms with E-state index < -0.39 is 0 Å². The van der Waals surface area contributed by atoms with Gasteiger partial charge in [-0.05, 0) is 35.7 Å². The molecule has 84 valence electrons. The van der Waals surface area contributed by atoms with Crippen LogP contribution >= 0.6 is 11.6 Å². The van der Waals surface area contributed by atoms with Crippen LogP contribution in [0.3, 0.4) is 0 Å². The van der Waals surface area contributed by atoms with E-state index in [-0.39, 0.29) is 5.92 Å². The third-order valence-electron chi connectivity index (χ3n) is 2.57. The third kappa shape index (κ3) is 3.05. The number of hydrogen-bond acceptors (Lipinski definition) is 2. The highest BCUT2D eigenvalue weighted by Crippen LogP contribution is 2.22. The fourth-order valence-corrected chi connectivity index (χ4v) is 1.91. The first-order chi connectivity index (χ1) is 8.29. The van der Waals surface area contributed by atoms with Crippen molar-refractivity contribution >= 4 is 11.6 Å². The topological polar surface area (TPSA) is 36.7 Å². The first-order valence-corrected chi connectivity index (χ1v) is 5.71. The summed E-state index contributed by atoms with van der Waals surface area (Å²) in [6.45, 7) is 0. The molecule has 0 aliphatic heterocycles. The quantitative estimate of drug-likeness (QED) is 0.825. The zero-order chi connectivity index (χ0) is 12.1. The summed E-state index contributed by atoms with van der Waals surface area (Å²) in [5.41, 5.74) is 2.00. The maximum atomic E-state index is 9.22. The average molecular weight is 243 g/mol. The Morgan fingerprint density at radius 3 is 2.82 bits per heavy atom. The van der Waals surface area contributed by atoms with Crippen LogP contribution in [0.4, 0.5) is 0 Å². The van der Waals surface area contributed by atoms with Gasteiger partial charge in [0.05, 0.1) is 12.0 Å². The van der Waals surface area contributed by atoms with Crippen LogP contribution in [0.5, 0.6) is 0 Å². The number of aromatic nitrogens is 1. The molecule has 0 N–H and O–H groups in total. The van der Waals surface area contributed by atoms with Crippen molar-refractivity contribution in [2.75, 3.05) is 0 Å². The van der Waals surface area contributed by atoms with Crippen LogP contribution in [0.15, 0.2) is 48.8 Å². The number of halogens is 1. The normalized spacial score (nSPS) is 11.8. The second-order valence-corrected chi connectivity index (χ2v) is 4.24. The molecule has 1 unspecified atom stereocenters. The summed E-state index contributed by atoms with van der Waals surface area (Å²) >= 11 is 5.93. The summed E-state index contributed by atoms with van der Waals surface area (Å²) in [4.78, 5) is 4.05. The molecule has 1 aromatic heterocycles. The third-order valence-corrected chi connectivity index (χ3v) is 2.80. The highest BCUT2D eigenvalue weighted by atomic mass is 35.5. The zero-order valence-corrected chi connectivity index (χ0v) is 9.93. The molecule has 0 saturated heterocycles. The fraction of sp³-hybridized carbons (Fsp3) is 0.143. The lowest BCUT2D eigenvalue weighted by Crippen LogP contribution is -2.00. The lowest BCUT2D eigenvalue weighted by molar-refractivity contribution is 0.844. The smallest absolute Gasteiger partial charge is 0.0754 e. The summed E-state index contributed by atoms with van der Waals surface area (Å²) in [6, 6.07) is 13.6. The highest BCUT2D eigenvalue weighted by molar-refractivity contribution is 6.30. The van der Waals surface area contributed by atoms with E-state index in [0.29, 0.717) is 11.4 Å². The van der Waals surface area contributed by atoms with Gasteiger partial charge in [-0.3, -0.25) is 4.98 Å². The van der Waals surface area contributed by atoms with E-state index in [0.717, 1.165) is 11.1 Å². The minimum absolute atomic E-state index is 0.183. The van der Waals surface area contributed by atoms with Gasteiger partial charge in [0, 0.05) is 17.4 Å². The Bertz CT molecular complexity index is 531. The molecule has 3 heteroatoms. The first kappa shape index (κ1) is 11.6. The molecule has 17 heavy (non-hydrogen) atoms. The Labute approximate surface area is 105 Å². The van der Waals surface area contributed by atoms with Crippen molar-refractivity contribution in [2.45, 2.75) is 12.3 Å². The van der Waals surface area contributed by atoms with Crippen molar-refractivity contribution in [1.82, 2.24) is 4.98 Å². The van der Waals surface area contributed by atoms with Gasteiger partial charge in [-0.15, -0.1) is 0 Å². The number of hydrogen-bond donors (Lipinski definition) is 0. The molecule has 0 fully saturated rings. The van der Waals surface area contributed by atoms with Crippen LogP contribution in [0, 0.1) is 11.3 Å². The van der Waals surface area contributed by atoms with Crippen LogP contribution in [-0.4, -0.2) is 4.98 Å². The van der Waals surface area contributed by atoms with Crippen LogP contribution in [0.1, 0.15) is 17.0 Å². The van der Waals surface area contributed by atoms with Gasteiger partial charge in [0.2, 0.25) is 0 Å². The summed E-state index contributed by atoms with van der Waals surface area (Å²) in [5, 5.41) is 9.88. The van der Waals surface area contributed by atoms with E-state index in [4.69, 9.17) is 11.6 Å². The summed E-state index contributed by atoms with van der Waals surface area (Å²) in [7, 11) is 0. The second kappa shape index (κ2) is 5.47. The number of pyridine rings is 1. The average Bonchev–Trinajstić information content (AvgIpc) is 2.37. The van der Waals surface area contributed by atoms with E-state index in [1.54, 1.807) is 12.4 Å². The van der Waals surface area contributed by atoms with Gasteiger partial charge in [0.15, 0.2) is 0 Å². The van der Waals surface area contributed by atoms with E-state index in [1.807, 2.05) is 36.4 Å². The van der Waals surface area contributed by atoms with Crippen LogP contribution in [0.2, 0.25) is 5.02 Å². The molecule has 0 spiro atoms. The summed E-state index contributed by atoms with van der Waals surface area (Å²) < 4.78 is 0. The van der Waals surface area contributed by atoms with E-state index in [1.165, 1.54) is 0 Å². The van der Waals surface area contributed by atoms with E-state index >= 15 is 0 Å². The SMILES string of the molecule is N#CC(Cc1cccnc1)c1cccc(Cl)c1. The molecule has 1 aromatic carbocycles. The molecule has 0 bridgehead atoms. The monoisotopic (exact) mass is 242 g/mol. The molecule has 1 atom stereocenters. The number of nitrogens with zero attached hydrogens (tertiary/aromatic N) is 2. The molecule has 2 rings (SSSR count). The number of benzene rings is 1. The van der Waals surface area contributed by atoms with E-state index in [9.17, 15) is 5.26 Å². The molecule has 0 amide bonds. The molecule has 2 nitrogen and oxygen atoms in total. The molecule has 1 heterocycles. The molecule has 0 aliphatic carbocycles. The second-order valence-electron chi connectivity index (χ2n) is 3.80. The molecule has 0 radical (unpaired) electrons. The number of rotatable bonds is 3. The zero-order valence-electron chi connectivity index (χ0n) is 9.18. The lowest BCUT2D eigenvalue weighted by atomic mass is 9.94. The van der Waals surface area contributed by atoms with Gasteiger partial charge >= 0.3 is 0 Å². The standard InChI is InChI=1S/C14H11ClN2/c15-14-5-1-4-12(8-14)13(9-16)7-11-3-2-6-17-10-11/h1-6,8,10,13H,7H2. The maximum absolute atomic E-state index is 9.22. The van der Waals surface area contributed by atoms with Gasteiger partial charge < -0.3 is 0 Å². The molecule has 0 saturated carbocycles. The molecule has 2 aromatic rings. The Hall–Kier alpha value is -1.85. The molecular weight excluding hydrogens is 232 g/mol. The van der Waals surface area contributed by atoms with Crippen LogP contribution < -0.4 is 0 Å². The van der Waals surface area contributed by atoms with Gasteiger partial charge in [-0.1, -0.05) is 29.8 Å². The van der Waals surface area contributed by atoms with Gasteiger partial charge in [-0.2, -0.15) is 5.26 Å². The minimum atomic E-state index is -0.183. The van der Waals surface area contributed by atoms with Crippen molar-refractivity contribution in [2.24, 2.45) is 0 Å². The summed E-state index contributed by atoms with van der Waals surface area (Å²) in [6.07, 6.45) is 4.17. The molecular formula is C14H11ClN2. The van der Waals surface area contributed by atoms with Crippen LogP contribution in [-0.2, 0) is 6.42 Å². The number of nitriles is 1. The van der Waals surface area contributed by atoms with Crippen molar-refractivity contribution in [3.05, 3.63) is 64.9 Å². The van der Waals surface area contributed by atoms with E-state index in [2.05, 4.69) is 11.1 Å². The maximum Gasteiger partial charge on any atom is 0.0754 e. The predicted octanol–water partition coefficient (Wildman–Crippen LogP) is 3.58. The highest BCUT2D eigenvalue weighted by Gasteiger charge is 2.11. The van der Waals surface area contributed by atoms with Crippen molar-refractivity contribution in [3.63, 3.8) is 0 Å². The van der Waals surface area contributed by atoms with Gasteiger partial charge in [0.1, 0.15) is 0 Å². The fourth-order valence-electron chi connectivity index (χ4n) is 1.72. The Morgan fingerprint density at radius 2 is 2.18 bits per heavy atom. The predicted molar refractivity (Wildman–Crippen MR) is 67.7 cm³/mol. The summed E-state index contributed by atoms with van der Waals surface area (Å²) in [5.74, 6) is -0.183. The van der Waals surface area contributed by atoms with Crippen molar-refractivity contribution in [3.8, 4) is 6.07 Å². The Balaban J connectivity index is 2.21. The Kier molecular flexibility index (Phi) is 3.74. The van der Waals surface area contributed by atoms with Crippen molar-refractivity contribution in [1.29, 1.82) is 5.26 Å². The van der Waals surface area contributed by atoms with Crippen molar-refractivity contribution < 1.29 is 0 Å². The minimum Gasteiger partial charge on any atom is -0.264 e.